The van der Waals surface area contributed by atoms with Crippen LogP contribution in [-0.2, 0) is 13.6 Å². The number of hydrogen-bond donors (Lipinski definition) is 1. The van der Waals surface area contributed by atoms with Gasteiger partial charge in [0, 0.05) is 39.2 Å². The molecule has 0 bridgehead atoms. The Morgan fingerprint density at radius 2 is 2.11 bits per heavy atom. The number of aromatic nitrogens is 3. The third kappa shape index (κ3) is 2.48. The first-order chi connectivity index (χ1) is 8.58. The zero-order valence-corrected chi connectivity index (χ0v) is 10.4. The maximum absolute atomic E-state index is 12.1. The number of carbonyl (C=O) groups excluding carboxylic acids is 1. The van der Waals surface area contributed by atoms with Crippen LogP contribution in [0.4, 0.5) is 5.69 Å². The van der Waals surface area contributed by atoms with Crippen LogP contribution < -0.4 is 5.73 Å². The van der Waals surface area contributed by atoms with Crippen LogP contribution in [0.2, 0.25) is 0 Å². The van der Waals surface area contributed by atoms with E-state index in [2.05, 4.69) is 10.1 Å². The maximum Gasteiger partial charge on any atom is 0.276 e. The SMILES string of the molecule is CN(Cc1ccncc1)C(=O)c1nn(C)cc1N. The van der Waals surface area contributed by atoms with E-state index in [-0.39, 0.29) is 11.6 Å². The lowest BCUT2D eigenvalue weighted by Gasteiger charge is -2.16. The molecule has 0 aromatic carbocycles. The van der Waals surface area contributed by atoms with Crippen LogP contribution in [0.5, 0.6) is 0 Å². The lowest BCUT2D eigenvalue weighted by molar-refractivity contribution is 0.0779. The van der Waals surface area contributed by atoms with Crippen molar-refractivity contribution in [1.29, 1.82) is 0 Å². The minimum atomic E-state index is -0.190. The topological polar surface area (TPSA) is 77.0 Å². The van der Waals surface area contributed by atoms with Crippen LogP contribution in [0.25, 0.3) is 0 Å². The van der Waals surface area contributed by atoms with E-state index < -0.39 is 0 Å². The van der Waals surface area contributed by atoms with Crippen molar-refractivity contribution in [2.24, 2.45) is 7.05 Å². The number of nitrogens with two attached hydrogens (primary N) is 1. The molecular formula is C12H15N5O. The van der Waals surface area contributed by atoms with Crippen molar-refractivity contribution in [2.75, 3.05) is 12.8 Å². The van der Waals surface area contributed by atoms with Gasteiger partial charge in [0.15, 0.2) is 5.69 Å². The van der Waals surface area contributed by atoms with Gasteiger partial charge in [-0.3, -0.25) is 14.5 Å². The summed E-state index contributed by atoms with van der Waals surface area (Å²) in [6.07, 6.45) is 5.01. The summed E-state index contributed by atoms with van der Waals surface area (Å²) in [4.78, 5) is 17.6. The number of pyridine rings is 1. The number of amides is 1. The molecule has 2 aromatic heterocycles. The predicted octanol–water partition coefficient (Wildman–Crippen LogP) is 0.670. The average molecular weight is 245 g/mol. The van der Waals surface area contributed by atoms with Gasteiger partial charge < -0.3 is 10.6 Å². The van der Waals surface area contributed by atoms with Gasteiger partial charge in [0.2, 0.25) is 0 Å². The molecule has 0 spiro atoms. The molecule has 94 valence electrons. The third-order valence-corrected chi connectivity index (χ3v) is 2.58. The molecule has 0 saturated heterocycles. The smallest absolute Gasteiger partial charge is 0.276 e. The van der Waals surface area contributed by atoms with E-state index in [1.807, 2.05) is 12.1 Å². The van der Waals surface area contributed by atoms with Gasteiger partial charge in [0.05, 0.1) is 5.69 Å². The lowest BCUT2D eigenvalue weighted by Crippen LogP contribution is -2.27. The van der Waals surface area contributed by atoms with E-state index in [0.717, 1.165) is 5.56 Å². The zero-order valence-electron chi connectivity index (χ0n) is 10.4. The van der Waals surface area contributed by atoms with Crippen molar-refractivity contribution < 1.29 is 4.79 Å². The highest BCUT2D eigenvalue weighted by Crippen LogP contribution is 2.12. The van der Waals surface area contributed by atoms with E-state index in [9.17, 15) is 4.79 Å². The number of hydrogen-bond acceptors (Lipinski definition) is 4. The zero-order chi connectivity index (χ0) is 13.1. The van der Waals surface area contributed by atoms with Crippen molar-refractivity contribution in [2.45, 2.75) is 6.54 Å². The van der Waals surface area contributed by atoms with Crippen molar-refractivity contribution in [3.05, 3.63) is 42.0 Å². The van der Waals surface area contributed by atoms with E-state index >= 15 is 0 Å². The summed E-state index contributed by atoms with van der Waals surface area (Å²) in [6, 6.07) is 3.73. The van der Waals surface area contributed by atoms with Crippen LogP contribution >= 0.6 is 0 Å². The molecule has 0 atom stereocenters. The summed E-state index contributed by atoms with van der Waals surface area (Å²) in [6.45, 7) is 0.497. The minimum absolute atomic E-state index is 0.190. The molecule has 6 heteroatoms. The van der Waals surface area contributed by atoms with Crippen LogP contribution in [0, 0.1) is 0 Å². The molecule has 1 amide bonds. The number of anilines is 1. The molecule has 2 N–H and O–H groups in total. The number of rotatable bonds is 3. The van der Waals surface area contributed by atoms with E-state index in [0.29, 0.717) is 12.2 Å². The Morgan fingerprint density at radius 1 is 1.44 bits per heavy atom. The van der Waals surface area contributed by atoms with Crippen LogP contribution in [0.15, 0.2) is 30.7 Å². The van der Waals surface area contributed by atoms with Gasteiger partial charge in [-0.15, -0.1) is 0 Å². The van der Waals surface area contributed by atoms with Crippen molar-refractivity contribution >= 4 is 11.6 Å². The molecule has 0 radical (unpaired) electrons. The molecule has 0 saturated carbocycles. The fourth-order valence-electron chi connectivity index (χ4n) is 1.69. The molecule has 2 aromatic rings. The van der Waals surface area contributed by atoms with Gasteiger partial charge in [-0.25, -0.2) is 0 Å². The van der Waals surface area contributed by atoms with Crippen LogP contribution in [0.1, 0.15) is 16.1 Å². The van der Waals surface area contributed by atoms with Gasteiger partial charge in [-0.1, -0.05) is 0 Å². The second-order valence-electron chi connectivity index (χ2n) is 4.12. The predicted molar refractivity (Wildman–Crippen MR) is 67.7 cm³/mol. The molecule has 0 unspecified atom stereocenters. The normalized spacial score (nSPS) is 10.3. The molecule has 2 heterocycles. The molecule has 0 aliphatic carbocycles. The van der Waals surface area contributed by atoms with Gasteiger partial charge in [-0.05, 0) is 17.7 Å². The highest BCUT2D eigenvalue weighted by molar-refractivity contribution is 5.96. The Kier molecular flexibility index (Phi) is 3.27. The lowest BCUT2D eigenvalue weighted by atomic mass is 10.2. The summed E-state index contributed by atoms with van der Waals surface area (Å²) in [5, 5.41) is 4.06. The largest absolute Gasteiger partial charge is 0.396 e. The molecule has 0 aliphatic rings. The fraction of sp³-hybridized carbons (Fsp3) is 0.250. The summed E-state index contributed by atoms with van der Waals surface area (Å²) in [7, 11) is 3.45. The third-order valence-electron chi connectivity index (χ3n) is 2.58. The number of nitrogen functional groups attached to an aromatic ring is 1. The first-order valence-corrected chi connectivity index (χ1v) is 5.51. The van der Waals surface area contributed by atoms with Gasteiger partial charge >= 0.3 is 0 Å². The first-order valence-electron chi connectivity index (χ1n) is 5.51. The number of carbonyl (C=O) groups is 1. The second-order valence-corrected chi connectivity index (χ2v) is 4.12. The van der Waals surface area contributed by atoms with Crippen molar-refractivity contribution in [1.82, 2.24) is 19.7 Å². The quantitative estimate of drug-likeness (QED) is 0.862. The second kappa shape index (κ2) is 4.87. The molecular weight excluding hydrogens is 230 g/mol. The van der Waals surface area contributed by atoms with Crippen molar-refractivity contribution in [3.63, 3.8) is 0 Å². The van der Waals surface area contributed by atoms with E-state index in [1.54, 1.807) is 37.6 Å². The Morgan fingerprint density at radius 3 is 2.67 bits per heavy atom. The highest BCUT2D eigenvalue weighted by Gasteiger charge is 2.18. The van der Waals surface area contributed by atoms with Crippen LogP contribution in [-0.4, -0.2) is 32.6 Å². The van der Waals surface area contributed by atoms with Crippen molar-refractivity contribution in [3.8, 4) is 0 Å². The fourth-order valence-corrected chi connectivity index (χ4v) is 1.69. The number of aryl methyl sites for hydroxylation is 1. The van der Waals surface area contributed by atoms with E-state index in [1.165, 1.54) is 4.68 Å². The first kappa shape index (κ1) is 12.1. The Bertz CT molecular complexity index is 549. The maximum atomic E-state index is 12.1. The average Bonchev–Trinajstić information content (AvgIpc) is 2.68. The number of nitrogens with zero attached hydrogens (tertiary/aromatic N) is 4. The Hall–Kier alpha value is -2.37. The Balaban J connectivity index is 2.12. The van der Waals surface area contributed by atoms with Crippen LogP contribution in [0.3, 0.4) is 0 Å². The molecule has 18 heavy (non-hydrogen) atoms. The van der Waals surface area contributed by atoms with E-state index in [4.69, 9.17) is 5.73 Å². The van der Waals surface area contributed by atoms with Gasteiger partial charge in [0.25, 0.3) is 5.91 Å². The minimum Gasteiger partial charge on any atom is -0.396 e. The summed E-state index contributed by atoms with van der Waals surface area (Å²) < 4.78 is 1.53. The molecule has 2 rings (SSSR count). The molecule has 0 fully saturated rings. The summed E-state index contributed by atoms with van der Waals surface area (Å²) in [5.74, 6) is -0.190. The van der Waals surface area contributed by atoms with Gasteiger partial charge in [-0.2, -0.15) is 5.10 Å². The standard InChI is InChI=1S/C12H15N5O/c1-16(7-9-3-5-14-6-4-9)12(18)11-10(13)8-17(2)15-11/h3-6,8H,7,13H2,1-2H3. The summed E-state index contributed by atoms with van der Waals surface area (Å²) in [5.41, 5.74) is 7.42. The molecule has 6 nitrogen and oxygen atoms in total. The Labute approximate surface area is 105 Å². The monoisotopic (exact) mass is 245 g/mol. The van der Waals surface area contributed by atoms with Gasteiger partial charge in [0.1, 0.15) is 0 Å². The molecule has 0 aliphatic heterocycles. The highest BCUT2D eigenvalue weighted by atomic mass is 16.2. The summed E-state index contributed by atoms with van der Waals surface area (Å²) >= 11 is 0.